The molecule has 3 aromatic carbocycles. The maximum absolute atomic E-state index is 13.9. The molecule has 1 aliphatic rings. The molecule has 0 radical (unpaired) electrons. The Labute approximate surface area is 188 Å². The van der Waals surface area contributed by atoms with E-state index in [0.29, 0.717) is 11.1 Å². The predicted molar refractivity (Wildman–Crippen MR) is 122 cm³/mol. The van der Waals surface area contributed by atoms with Gasteiger partial charge in [0.25, 0.3) is 0 Å². The number of carbonyl (C=O) groups is 1. The first-order valence-corrected chi connectivity index (χ1v) is 11.1. The zero-order chi connectivity index (χ0) is 22.5. The maximum Gasteiger partial charge on any atom is 0.234 e. The molecule has 0 N–H and O–H groups in total. The van der Waals surface area contributed by atoms with Crippen molar-refractivity contribution < 1.29 is 13.6 Å². The first-order valence-electron chi connectivity index (χ1n) is 11.1. The molecule has 0 bridgehead atoms. The average Bonchev–Trinajstić information content (AvgIpc) is 3.33. The summed E-state index contributed by atoms with van der Waals surface area (Å²) in [6, 6.07) is 21.9. The van der Waals surface area contributed by atoms with Crippen LogP contribution >= 0.6 is 0 Å². The molecule has 0 aromatic heterocycles. The maximum atomic E-state index is 13.9. The Kier molecular flexibility index (Phi) is 6.96. The summed E-state index contributed by atoms with van der Waals surface area (Å²) >= 11 is 0. The number of hydrogen-bond donors (Lipinski definition) is 0. The molecule has 1 aliphatic heterocycles. The molecular formula is C27H28F2N2O. The first kappa shape index (κ1) is 22.2. The average molecular weight is 435 g/mol. The number of amides is 1. The standard InChI is InChI=1S/C27H28F2N2O/c1-30(25(19-31-17-5-6-18-31)20-7-3-2-4-8-20)27(32)26(21-9-13-23(28)14-10-21)22-11-15-24(29)16-12-22/h2-4,7-16,25-26H,5-6,17-19H2,1H3/t25-/m1/s1. The SMILES string of the molecule is CN(C(=O)C(c1ccc(F)cc1)c1ccc(F)cc1)[C@H](CN1CCCC1)c1ccccc1. The van der Waals surface area contributed by atoms with Gasteiger partial charge in [0.15, 0.2) is 0 Å². The van der Waals surface area contributed by atoms with Crippen LogP contribution < -0.4 is 0 Å². The van der Waals surface area contributed by atoms with Gasteiger partial charge in [-0.1, -0.05) is 54.6 Å². The number of carbonyl (C=O) groups excluding carboxylic acids is 1. The Bertz CT molecular complexity index is 970. The van der Waals surface area contributed by atoms with E-state index in [1.165, 1.54) is 37.1 Å². The highest BCUT2D eigenvalue weighted by atomic mass is 19.1. The number of hydrogen-bond acceptors (Lipinski definition) is 2. The van der Waals surface area contributed by atoms with Crippen molar-refractivity contribution in [1.82, 2.24) is 9.80 Å². The molecule has 0 unspecified atom stereocenters. The fraction of sp³-hybridized carbons (Fsp3) is 0.296. The zero-order valence-electron chi connectivity index (χ0n) is 18.3. The van der Waals surface area contributed by atoms with E-state index in [1.54, 1.807) is 29.2 Å². The number of rotatable bonds is 7. The van der Waals surface area contributed by atoms with Crippen LogP contribution in [0.4, 0.5) is 8.78 Å². The zero-order valence-corrected chi connectivity index (χ0v) is 18.3. The molecule has 32 heavy (non-hydrogen) atoms. The summed E-state index contributed by atoms with van der Waals surface area (Å²) in [6.07, 6.45) is 2.35. The highest BCUT2D eigenvalue weighted by molar-refractivity contribution is 5.87. The molecule has 1 atom stereocenters. The van der Waals surface area contributed by atoms with Gasteiger partial charge < -0.3 is 9.80 Å². The van der Waals surface area contributed by atoms with Crippen molar-refractivity contribution in [2.45, 2.75) is 24.8 Å². The molecule has 1 heterocycles. The van der Waals surface area contributed by atoms with Crippen LogP contribution in [-0.2, 0) is 4.79 Å². The second kappa shape index (κ2) is 10.0. The molecule has 3 aromatic rings. The topological polar surface area (TPSA) is 23.6 Å². The lowest BCUT2D eigenvalue weighted by atomic mass is 9.89. The lowest BCUT2D eigenvalue weighted by molar-refractivity contribution is -0.133. The third-order valence-corrected chi connectivity index (χ3v) is 6.28. The Morgan fingerprint density at radius 3 is 1.81 bits per heavy atom. The molecule has 1 fully saturated rings. The molecular weight excluding hydrogens is 406 g/mol. The van der Waals surface area contributed by atoms with Crippen LogP contribution in [0.3, 0.4) is 0 Å². The monoisotopic (exact) mass is 434 g/mol. The van der Waals surface area contributed by atoms with Crippen LogP contribution in [0.2, 0.25) is 0 Å². The summed E-state index contributed by atoms with van der Waals surface area (Å²) in [5.41, 5.74) is 2.44. The second-order valence-electron chi connectivity index (χ2n) is 8.42. The van der Waals surface area contributed by atoms with Crippen molar-refractivity contribution in [3.8, 4) is 0 Å². The van der Waals surface area contributed by atoms with Gasteiger partial charge in [-0.05, 0) is 66.9 Å². The molecule has 1 amide bonds. The van der Waals surface area contributed by atoms with Crippen molar-refractivity contribution in [2.24, 2.45) is 0 Å². The fourth-order valence-electron chi connectivity index (χ4n) is 4.48. The van der Waals surface area contributed by atoms with Crippen molar-refractivity contribution in [3.05, 3.63) is 107 Å². The van der Waals surface area contributed by atoms with Crippen LogP contribution in [0.5, 0.6) is 0 Å². The van der Waals surface area contributed by atoms with E-state index in [4.69, 9.17) is 0 Å². The molecule has 0 spiro atoms. The normalized spacial score (nSPS) is 15.1. The molecule has 0 aliphatic carbocycles. The van der Waals surface area contributed by atoms with Crippen LogP contribution in [-0.4, -0.2) is 42.4 Å². The van der Waals surface area contributed by atoms with Crippen molar-refractivity contribution in [3.63, 3.8) is 0 Å². The third kappa shape index (κ3) is 5.05. The summed E-state index contributed by atoms with van der Waals surface area (Å²) in [5, 5.41) is 0. The third-order valence-electron chi connectivity index (χ3n) is 6.28. The van der Waals surface area contributed by atoms with E-state index in [-0.39, 0.29) is 23.6 Å². The minimum atomic E-state index is -0.647. The Balaban J connectivity index is 1.69. The largest absolute Gasteiger partial charge is 0.337 e. The fourth-order valence-corrected chi connectivity index (χ4v) is 4.48. The Morgan fingerprint density at radius 1 is 0.812 bits per heavy atom. The van der Waals surface area contributed by atoms with Gasteiger partial charge in [-0.25, -0.2) is 8.78 Å². The second-order valence-corrected chi connectivity index (χ2v) is 8.42. The molecule has 166 valence electrons. The minimum absolute atomic E-state index is 0.101. The van der Waals surface area contributed by atoms with E-state index >= 15 is 0 Å². The van der Waals surface area contributed by atoms with Gasteiger partial charge in [-0.15, -0.1) is 0 Å². The van der Waals surface area contributed by atoms with Crippen LogP contribution in [0.25, 0.3) is 0 Å². The lowest BCUT2D eigenvalue weighted by Crippen LogP contribution is -2.41. The summed E-state index contributed by atoms with van der Waals surface area (Å²) in [5.74, 6) is -1.46. The van der Waals surface area contributed by atoms with E-state index < -0.39 is 5.92 Å². The van der Waals surface area contributed by atoms with Crippen LogP contribution in [0.15, 0.2) is 78.9 Å². The lowest BCUT2D eigenvalue weighted by Gasteiger charge is -2.34. The van der Waals surface area contributed by atoms with E-state index in [1.807, 2.05) is 25.2 Å². The van der Waals surface area contributed by atoms with Gasteiger partial charge in [-0.2, -0.15) is 0 Å². The smallest absolute Gasteiger partial charge is 0.234 e. The first-order chi connectivity index (χ1) is 15.5. The van der Waals surface area contributed by atoms with Gasteiger partial charge in [0.2, 0.25) is 5.91 Å². The predicted octanol–water partition coefficient (Wildman–Crippen LogP) is 5.39. The number of likely N-dealkylation sites (tertiary alicyclic amines) is 1. The quantitative estimate of drug-likeness (QED) is 0.498. The van der Waals surface area contributed by atoms with Crippen molar-refractivity contribution in [1.29, 1.82) is 0 Å². The minimum Gasteiger partial charge on any atom is -0.337 e. The molecule has 1 saturated heterocycles. The van der Waals surface area contributed by atoms with Gasteiger partial charge >= 0.3 is 0 Å². The van der Waals surface area contributed by atoms with Crippen LogP contribution in [0, 0.1) is 11.6 Å². The Hall–Kier alpha value is -3.05. The van der Waals surface area contributed by atoms with E-state index in [0.717, 1.165) is 25.2 Å². The van der Waals surface area contributed by atoms with Gasteiger partial charge in [0.05, 0.1) is 12.0 Å². The molecule has 3 nitrogen and oxygen atoms in total. The Morgan fingerprint density at radius 2 is 1.31 bits per heavy atom. The number of likely N-dealkylation sites (N-methyl/N-ethyl adjacent to an activating group) is 1. The molecule has 5 heteroatoms. The summed E-state index contributed by atoms with van der Waals surface area (Å²) < 4.78 is 27.2. The number of nitrogens with zero attached hydrogens (tertiary/aromatic N) is 2. The molecule has 4 rings (SSSR count). The summed E-state index contributed by atoms with van der Waals surface area (Å²) in [6.45, 7) is 2.82. The van der Waals surface area contributed by atoms with E-state index in [2.05, 4.69) is 17.0 Å². The van der Waals surface area contributed by atoms with Gasteiger partial charge in [-0.3, -0.25) is 4.79 Å². The number of halogens is 2. The van der Waals surface area contributed by atoms with Crippen molar-refractivity contribution in [2.75, 3.05) is 26.7 Å². The van der Waals surface area contributed by atoms with Crippen LogP contribution in [0.1, 0.15) is 41.5 Å². The summed E-state index contributed by atoms with van der Waals surface area (Å²) in [7, 11) is 1.83. The summed E-state index contributed by atoms with van der Waals surface area (Å²) in [4.78, 5) is 18.1. The van der Waals surface area contributed by atoms with Gasteiger partial charge in [0, 0.05) is 13.6 Å². The highest BCUT2D eigenvalue weighted by Gasteiger charge is 2.32. The number of benzene rings is 3. The molecule has 0 saturated carbocycles. The highest BCUT2D eigenvalue weighted by Crippen LogP contribution is 2.31. The van der Waals surface area contributed by atoms with Gasteiger partial charge in [0.1, 0.15) is 11.6 Å². The van der Waals surface area contributed by atoms with E-state index in [9.17, 15) is 13.6 Å². The van der Waals surface area contributed by atoms with Crippen molar-refractivity contribution >= 4 is 5.91 Å².